The average Bonchev–Trinajstić information content (AvgIpc) is 1.82. The number of nitrogen functional groups attached to an aromatic ring is 2. The summed E-state index contributed by atoms with van der Waals surface area (Å²) < 4.78 is 1.02. The second kappa shape index (κ2) is 2.18. The first-order valence-corrected chi connectivity index (χ1v) is 2.77. The molecule has 7 heteroatoms. The lowest BCUT2D eigenvalue weighted by atomic mass is 10.9. The molecule has 0 atom stereocenters. The molecule has 1 aromatic heterocycles. The summed E-state index contributed by atoms with van der Waals surface area (Å²) in [7, 11) is 0. The van der Waals surface area contributed by atoms with Gasteiger partial charge in [0.05, 0.1) is 0 Å². The zero-order chi connectivity index (χ0) is 7.72. The molecule has 0 saturated heterocycles. The Morgan fingerprint density at radius 1 is 1.40 bits per heavy atom. The van der Waals surface area contributed by atoms with Gasteiger partial charge in [-0.1, -0.05) is 12.8 Å². The molecule has 0 unspecified atom stereocenters. The molecule has 6 nitrogen and oxygen atoms in total. The van der Waals surface area contributed by atoms with Gasteiger partial charge >= 0.3 is 0 Å². The predicted octanol–water partition coefficient (Wildman–Crippen LogP) is -1.39. The number of aromatic nitrogens is 3. The van der Waals surface area contributed by atoms with Crippen LogP contribution in [-0.2, 0) is 0 Å². The van der Waals surface area contributed by atoms with Crippen LogP contribution in [-0.4, -0.2) is 13.9 Å². The monoisotopic (exact) mass is 158 g/mol. The number of rotatable bonds is 0. The van der Waals surface area contributed by atoms with E-state index in [1.54, 1.807) is 0 Å². The van der Waals surface area contributed by atoms with Crippen molar-refractivity contribution in [2.75, 3.05) is 11.5 Å². The molecule has 0 amide bonds. The SMILES string of the molecule is N=c1nc(N)nc(N)n1S. The highest BCUT2D eigenvalue weighted by Crippen LogP contribution is 1.94. The van der Waals surface area contributed by atoms with Crippen LogP contribution in [0.2, 0.25) is 0 Å². The maximum Gasteiger partial charge on any atom is 0.238 e. The van der Waals surface area contributed by atoms with E-state index >= 15 is 0 Å². The molecule has 0 spiro atoms. The van der Waals surface area contributed by atoms with Crippen LogP contribution < -0.4 is 17.1 Å². The van der Waals surface area contributed by atoms with Crippen molar-refractivity contribution in [3.8, 4) is 0 Å². The lowest BCUT2D eigenvalue weighted by molar-refractivity contribution is 0.903. The summed E-state index contributed by atoms with van der Waals surface area (Å²) in [6.45, 7) is 0. The molecule has 1 heterocycles. The van der Waals surface area contributed by atoms with Gasteiger partial charge in [-0.15, -0.1) is 0 Å². The Hall–Kier alpha value is -1.24. The molecular weight excluding hydrogens is 152 g/mol. The third-order valence-corrected chi connectivity index (χ3v) is 1.26. The van der Waals surface area contributed by atoms with Crippen molar-refractivity contribution in [1.82, 2.24) is 13.9 Å². The number of anilines is 2. The Morgan fingerprint density at radius 2 is 2.00 bits per heavy atom. The summed E-state index contributed by atoms with van der Waals surface area (Å²) >= 11 is 3.78. The van der Waals surface area contributed by atoms with Crippen LogP contribution in [0.5, 0.6) is 0 Å². The smallest absolute Gasteiger partial charge is 0.238 e. The van der Waals surface area contributed by atoms with Crippen LogP contribution in [0.15, 0.2) is 0 Å². The Balaban J connectivity index is 3.46. The number of nitrogens with zero attached hydrogens (tertiary/aromatic N) is 3. The van der Waals surface area contributed by atoms with Gasteiger partial charge in [-0.25, -0.2) is 3.97 Å². The third-order valence-electron chi connectivity index (χ3n) is 0.867. The van der Waals surface area contributed by atoms with Crippen molar-refractivity contribution < 1.29 is 0 Å². The van der Waals surface area contributed by atoms with Gasteiger partial charge in [0, 0.05) is 0 Å². The largest absolute Gasteiger partial charge is 0.368 e. The molecular formula is C3H6N6S. The lowest BCUT2D eigenvalue weighted by Gasteiger charge is -1.99. The maximum atomic E-state index is 7.08. The molecule has 0 bridgehead atoms. The fourth-order valence-electron chi connectivity index (χ4n) is 0.454. The molecule has 0 aliphatic heterocycles. The zero-order valence-corrected chi connectivity index (χ0v) is 5.84. The highest BCUT2D eigenvalue weighted by Gasteiger charge is 1.96. The third kappa shape index (κ3) is 1.03. The van der Waals surface area contributed by atoms with Crippen molar-refractivity contribution >= 4 is 24.7 Å². The number of hydrogen-bond acceptors (Lipinski definition) is 6. The minimum absolute atomic E-state index is 0.0206. The Bertz CT molecular complexity index is 302. The molecule has 1 rings (SSSR count). The first kappa shape index (κ1) is 6.87. The van der Waals surface area contributed by atoms with Crippen molar-refractivity contribution in [2.24, 2.45) is 0 Å². The molecule has 0 aliphatic carbocycles. The fourth-order valence-corrected chi connectivity index (χ4v) is 0.544. The number of nitrogens with one attached hydrogen (secondary N) is 1. The predicted molar refractivity (Wildman–Crippen MR) is 39.1 cm³/mol. The van der Waals surface area contributed by atoms with Crippen LogP contribution in [0.3, 0.4) is 0 Å². The fraction of sp³-hybridized carbons (Fsp3) is 0. The molecule has 0 saturated carbocycles. The number of hydrogen-bond donors (Lipinski definition) is 4. The summed E-state index contributed by atoms with van der Waals surface area (Å²) in [5, 5.41) is 7.08. The topological polar surface area (TPSA) is 107 Å². The quantitative estimate of drug-likeness (QED) is 0.349. The minimum atomic E-state index is -0.131. The van der Waals surface area contributed by atoms with Crippen LogP contribution in [0, 0.1) is 5.41 Å². The molecule has 10 heavy (non-hydrogen) atoms. The van der Waals surface area contributed by atoms with E-state index in [9.17, 15) is 0 Å². The van der Waals surface area contributed by atoms with Gasteiger partial charge in [0.25, 0.3) is 0 Å². The minimum Gasteiger partial charge on any atom is -0.368 e. The second-order valence-corrected chi connectivity index (χ2v) is 1.98. The van der Waals surface area contributed by atoms with Crippen LogP contribution >= 0.6 is 12.8 Å². The molecule has 54 valence electrons. The molecule has 0 aliphatic rings. The first-order valence-electron chi connectivity index (χ1n) is 2.37. The van der Waals surface area contributed by atoms with Crippen LogP contribution in [0.4, 0.5) is 11.9 Å². The highest BCUT2D eigenvalue weighted by molar-refractivity contribution is 7.78. The summed E-state index contributed by atoms with van der Waals surface area (Å²) in [6, 6.07) is 0. The van der Waals surface area contributed by atoms with E-state index in [1.807, 2.05) is 0 Å². The van der Waals surface area contributed by atoms with E-state index < -0.39 is 0 Å². The van der Waals surface area contributed by atoms with Crippen molar-refractivity contribution in [2.45, 2.75) is 0 Å². The van der Waals surface area contributed by atoms with E-state index in [1.165, 1.54) is 0 Å². The van der Waals surface area contributed by atoms with E-state index in [0.29, 0.717) is 0 Å². The first-order chi connectivity index (χ1) is 4.61. The highest BCUT2D eigenvalue weighted by atomic mass is 32.1. The van der Waals surface area contributed by atoms with Crippen molar-refractivity contribution in [1.29, 1.82) is 5.41 Å². The summed E-state index contributed by atoms with van der Waals surface area (Å²) in [6.07, 6.45) is 0. The van der Waals surface area contributed by atoms with Gasteiger partial charge in [-0.3, -0.25) is 5.41 Å². The normalized spacial score (nSPS) is 9.70. The van der Waals surface area contributed by atoms with Gasteiger partial charge < -0.3 is 11.5 Å². The van der Waals surface area contributed by atoms with Gasteiger partial charge in [0.2, 0.25) is 17.5 Å². The summed E-state index contributed by atoms with van der Waals surface area (Å²) in [5.41, 5.74) is 10.3. The van der Waals surface area contributed by atoms with Crippen molar-refractivity contribution in [3.05, 3.63) is 5.62 Å². The Labute approximate surface area is 62.0 Å². The molecule has 0 radical (unpaired) electrons. The second-order valence-electron chi connectivity index (χ2n) is 1.58. The molecule has 5 N–H and O–H groups in total. The van der Waals surface area contributed by atoms with Gasteiger partial charge in [0.1, 0.15) is 0 Å². The number of nitrogens with two attached hydrogens (primary N) is 2. The van der Waals surface area contributed by atoms with E-state index in [0.717, 1.165) is 3.97 Å². The maximum absolute atomic E-state index is 7.08. The van der Waals surface area contributed by atoms with E-state index in [-0.39, 0.29) is 17.5 Å². The van der Waals surface area contributed by atoms with Gasteiger partial charge in [0.15, 0.2) is 0 Å². The van der Waals surface area contributed by atoms with Crippen LogP contribution in [0.25, 0.3) is 0 Å². The van der Waals surface area contributed by atoms with Crippen LogP contribution in [0.1, 0.15) is 0 Å². The van der Waals surface area contributed by atoms with Gasteiger partial charge in [-0.05, 0) is 0 Å². The lowest BCUT2D eigenvalue weighted by Crippen LogP contribution is -2.22. The summed E-state index contributed by atoms with van der Waals surface area (Å²) in [4.78, 5) is 7.02. The summed E-state index contributed by atoms with van der Waals surface area (Å²) in [5.74, 6) is 0.0358. The standard InChI is InChI=1S/C3H6N6S/c4-1-7-2(5)9(10)3(6)8-1/h10H,(H5,4,5,6,7,8). The van der Waals surface area contributed by atoms with Gasteiger partial charge in [-0.2, -0.15) is 9.97 Å². The zero-order valence-electron chi connectivity index (χ0n) is 4.94. The van der Waals surface area contributed by atoms with Crippen molar-refractivity contribution in [3.63, 3.8) is 0 Å². The Morgan fingerprint density at radius 3 is 2.50 bits per heavy atom. The Kier molecular flexibility index (Phi) is 1.50. The molecule has 1 aromatic rings. The molecule has 0 aromatic carbocycles. The van der Waals surface area contributed by atoms with E-state index in [4.69, 9.17) is 16.9 Å². The number of thiol groups is 1. The van der Waals surface area contributed by atoms with E-state index in [2.05, 4.69) is 22.8 Å². The molecule has 0 fully saturated rings. The average molecular weight is 158 g/mol.